The molecule has 1 aliphatic rings. The third-order valence-electron chi connectivity index (χ3n) is 7.13. The average molecular weight is 568 g/mol. The minimum Gasteiger partial charge on any atom is -0.411 e. The molecule has 7 heteroatoms. The molecule has 1 heterocycles. The molecule has 0 radical (unpaired) electrons. The van der Waals surface area contributed by atoms with Gasteiger partial charge in [0, 0.05) is 0 Å². The number of ether oxygens (including phenoxy) is 5. The molecule has 0 saturated carbocycles. The van der Waals surface area contributed by atoms with E-state index in [4.69, 9.17) is 23.7 Å². The van der Waals surface area contributed by atoms with Crippen molar-refractivity contribution in [3.05, 3.63) is 144 Å². The predicted octanol–water partition coefficient (Wildman–Crippen LogP) is 6.19. The topological polar surface area (TPSA) is 78.7 Å². The highest BCUT2D eigenvalue weighted by molar-refractivity contribution is 5.63. The molecule has 0 bridgehead atoms. The van der Waals surface area contributed by atoms with Crippen molar-refractivity contribution >= 4 is 6.21 Å². The highest BCUT2D eigenvalue weighted by Crippen LogP contribution is 2.30. The molecule has 7 nitrogen and oxygen atoms in total. The van der Waals surface area contributed by atoms with E-state index >= 15 is 0 Å². The molecule has 1 aliphatic heterocycles. The van der Waals surface area contributed by atoms with Crippen LogP contribution in [0.25, 0.3) is 0 Å². The van der Waals surface area contributed by atoms with E-state index in [2.05, 4.69) is 5.16 Å². The first-order valence-corrected chi connectivity index (χ1v) is 14.2. The Morgan fingerprint density at radius 3 is 1.40 bits per heavy atom. The molecule has 218 valence electrons. The first-order chi connectivity index (χ1) is 20.8. The lowest BCUT2D eigenvalue weighted by atomic mass is 9.94. The van der Waals surface area contributed by atoms with Gasteiger partial charge >= 0.3 is 0 Å². The summed E-state index contributed by atoms with van der Waals surface area (Å²) in [6.07, 6.45) is -1.56. The first kappa shape index (κ1) is 29.6. The second kappa shape index (κ2) is 16.0. The largest absolute Gasteiger partial charge is 0.411 e. The summed E-state index contributed by atoms with van der Waals surface area (Å²) < 4.78 is 32.3. The van der Waals surface area contributed by atoms with Crippen LogP contribution in [0.15, 0.2) is 126 Å². The molecule has 1 N–H and O–H groups in total. The van der Waals surface area contributed by atoms with Crippen LogP contribution in [0.3, 0.4) is 0 Å². The van der Waals surface area contributed by atoms with Gasteiger partial charge in [0.1, 0.15) is 30.5 Å². The number of benzene rings is 4. The van der Waals surface area contributed by atoms with E-state index < -0.39 is 30.5 Å². The van der Waals surface area contributed by atoms with Gasteiger partial charge in [0.05, 0.1) is 39.2 Å². The number of rotatable bonds is 14. The van der Waals surface area contributed by atoms with Gasteiger partial charge in [-0.1, -0.05) is 126 Å². The van der Waals surface area contributed by atoms with E-state index in [1.165, 1.54) is 6.21 Å². The van der Waals surface area contributed by atoms with Gasteiger partial charge in [0.15, 0.2) is 0 Å². The Kier molecular flexibility index (Phi) is 11.3. The Morgan fingerprint density at radius 2 is 0.952 bits per heavy atom. The van der Waals surface area contributed by atoms with Gasteiger partial charge in [0.2, 0.25) is 0 Å². The van der Waals surface area contributed by atoms with Crippen molar-refractivity contribution in [3.63, 3.8) is 0 Å². The predicted molar refractivity (Wildman–Crippen MR) is 160 cm³/mol. The van der Waals surface area contributed by atoms with E-state index in [0.29, 0.717) is 26.4 Å². The lowest BCUT2D eigenvalue weighted by molar-refractivity contribution is -0.258. The Hall–Kier alpha value is -3.85. The fourth-order valence-corrected chi connectivity index (χ4v) is 5.01. The van der Waals surface area contributed by atoms with Crippen LogP contribution in [0, 0.1) is 0 Å². The molecule has 1 saturated heterocycles. The highest BCUT2D eigenvalue weighted by atomic mass is 16.6. The first-order valence-electron chi connectivity index (χ1n) is 14.2. The maximum atomic E-state index is 9.58. The van der Waals surface area contributed by atoms with Crippen LogP contribution in [0.2, 0.25) is 0 Å². The molecule has 4 aromatic carbocycles. The number of nitrogens with zero attached hydrogens (tertiary/aromatic N) is 1. The lowest BCUT2D eigenvalue weighted by Gasteiger charge is -2.45. The van der Waals surface area contributed by atoms with E-state index in [9.17, 15) is 5.21 Å². The molecular weight excluding hydrogens is 530 g/mol. The van der Waals surface area contributed by atoms with Crippen LogP contribution in [0.5, 0.6) is 0 Å². The zero-order valence-corrected chi connectivity index (χ0v) is 23.5. The highest BCUT2D eigenvalue weighted by Gasteiger charge is 2.48. The minimum atomic E-state index is -0.693. The normalized spacial score (nSPS) is 22.3. The quantitative estimate of drug-likeness (QED) is 0.111. The molecule has 0 unspecified atom stereocenters. The standard InChI is InChI=1S/C35H37NO6/c37-36-21-31-33(39-23-28-15-7-2-8-16-28)35(41-25-30-19-11-4-12-20-30)34(40-24-29-17-9-3-10-18-29)32(42-31)26-38-22-27-13-5-1-6-14-27/h1-21,31-35,37H,22-26H2/b36-21+/t31-,32+,33-,34+,35+/m0/s1. The van der Waals surface area contributed by atoms with Crippen LogP contribution in [0.1, 0.15) is 22.3 Å². The number of hydrogen-bond acceptors (Lipinski definition) is 7. The van der Waals surface area contributed by atoms with E-state index in [-0.39, 0.29) is 6.61 Å². The van der Waals surface area contributed by atoms with Crippen LogP contribution < -0.4 is 0 Å². The SMILES string of the molecule is O/N=C/[C@@H]1O[C@H](COCc2ccccc2)[C@@H](OCc2ccccc2)[C@H](OCc2ccccc2)[C@H]1OCc1ccccc1. The Labute approximate surface area is 247 Å². The summed E-state index contributed by atoms with van der Waals surface area (Å²) in [6.45, 7) is 1.72. The Balaban J connectivity index is 1.41. The summed E-state index contributed by atoms with van der Waals surface area (Å²) in [6, 6.07) is 39.9. The summed E-state index contributed by atoms with van der Waals surface area (Å²) in [5.74, 6) is 0. The Bertz CT molecular complexity index is 1320. The zero-order chi connectivity index (χ0) is 28.8. The fraction of sp³-hybridized carbons (Fsp3) is 0.286. The second-order valence-corrected chi connectivity index (χ2v) is 10.2. The van der Waals surface area contributed by atoms with Crippen molar-refractivity contribution in [2.24, 2.45) is 5.16 Å². The zero-order valence-electron chi connectivity index (χ0n) is 23.5. The summed E-state index contributed by atoms with van der Waals surface area (Å²) in [4.78, 5) is 0. The molecule has 0 amide bonds. The lowest BCUT2D eigenvalue weighted by Crippen LogP contribution is -2.61. The van der Waals surface area contributed by atoms with Gasteiger partial charge in [-0.2, -0.15) is 0 Å². The smallest absolute Gasteiger partial charge is 0.125 e. The minimum absolute atomic E-state index is 0.251. The molecule has 0 aromatic heterocycles. The number of oxime groups is 1. The van der Waals surface area contributed by atoms with Crippen molar-refractivity contribution in [2.45, 2.75) is 56.9 Å². The summed E-state index contributed by atoms with van der Waals surface area (Å²) in [5.41, 5.74) is 4.12. The van der Waals surface area contributed by atoms with Crippen molar-refractivity contribution in [3.8, 4) is 0 Å². The molecule has 42 heavy (non-hydrogen) atoms. The molecule has 5 atom stereocenters. The molecule has 0 aliphatic carbocycles. The molecule has 4 aromatic rings. The van der Waals surface area contributed by atoms with Gasteiger partial charge in [0.25, 0.3) is 0 Å². The molecular formula is C35H37NO6. The third-order valence-corrected chi connectivity index (χ3v) is 7.13. The second-order valence-electron chi connectivity index (χ2n) is 10.2. The van der Waals surface area contributed by atoms with Gasteiger partial charge in [-0.15, -0.1) is 0 Å². The van der Waals surface area contributed by atoms with Crippen molar-refractivity contribution in [1.29, 1.82) is 0 Å². The van der Waals surface area contributed by atoms with E-state index in [1.54, 1.807) is 0 Å². The van der Waals surface area contributed by atoms with Crippen LogP contribution in [0.4, 0.5) is 0 Å². The average Bonchev–Trinajstić information content (AvgIpc) is 3.05. The van der Waals surface area contributed by atoms with Crippen LogP contribution in [-0.4, -0.2) is 48.5 Å². The summed E-state index contributed by atoms with van der Waals surface area (Å²) >= 11 is 0. The van der Waals surface area contributed by atoms with Crippen LogP contribution in [-0.2, 0) is 50.1 Å². The third kappa shape index (κ3) is 8.58. The van der Waals surface area contributed by atoms with E-state index in [1.807, 2.05) is 121 Å². The fourth-order valence-electron chi connectivity index (χ4n) is 5.01. The number of hydrogen-bond donors (Lipinski definition) is 1. The van der Waals surface area contributed by atoms with Gasteiger partial charge < -0.3 is 28.9 Å². The van der Waals surface area contributed by atoms with Gasteiger partial charge in [-0.05, 0) is 22.3 Å². The molecule has 1 fully saturated rings. The maximum absolute atomic E-state index is 9.58. The monoisotopic (exact) mass is 567 g/mol. The van der Waals surface area contributed by atoms with Crippen molar-refractivity contribution in [2.75, 3.05) is 6.61 Å². The molecule has 5 rings (SSSR count). The van der Waals surface area contributed by atoms with Gasteiger partial charge in [-0.3, -0.25) is 0 Å². The van der Waals surface area contributed by atoms with Gasteiger partial charge in [-0.25, -0.2) is 0 Å². The summed E-state index contributed by atoms with van der Waals surface area (Å²) in [7, 11) is 0. The Morgan fingerprint density at radius 1 is 0.548 bits per heavy atom. The van der Waals surface area contributed by atoms with Crippen molar-refractivity contribution < 1.29 is 28.9 Å². The van der Waals surface area contributed by atoms with Crippen molar-refractivity contribution in [1.82, 2.24) is 0 Å². The van der Waals surface area contributed by atoms with E-state index in [0.717, 1.165) is 22.3 Å². The summed E-state index contributed by atoms with van der Waals surface area (Å²) in [5, 5.41) is 12.9. The molecule has 0 spiro atoms. The van der Waals surface area contributed by atoms with Crippen LogP contribution >= 0.6 is 0 Å². The maximum Gasteiger partial charge on any atom is 0.125 e.